The molecule has 0 unspecified atom stereocenters. The summed E-state index contributed by atoms with van der Waals surface area (Å²) in [6.45, 7) is 5.13. The fourth-order valence-corrected chi connectivity index (χ4v) is 2.30. The third-order valence-corrected chi connectivity index (χ3v) is 3.67. The van der Waals surface area contributed by atoms with Crippen LogP contribution in [0.5, 0.6) is 5.75 Å². The number of hydrogen-bond acceptors (Lipinski definition) is 3. The predicted octanol–water partition coefficient (Wildman–Crippen LogP) is 2.77. The van der Waals surface area contributed by atoms with Crippen LogP contribution in [0.3, 0.4) is 0 Å². The summed E-state index contributed by atoms with van der Waals surface area (Å²) < 4.78 is 10.5. The van der Waals surface area contributed by atoms with Gasteiger partial charge in [-0.15, -0.1) is 0 Å². The SMILES string of the molecule is COc1ccc([C@H](C)NCC2CCOCC2)cc1. The quantitative estimate of drug-likeness (QED) is 0.870. The van der Waals surface area contributed by atoms with Gasteiger partial charge >= 0.3 is 0 Å². The summed E-state index contributed by atoms with van der Waals surface area (Å²) in [7, 11) is 1.70. The van der Waals surface area contributed by atoms with Gasteiger partial charge in [0.2, 0.25) is 0 Å². The zero-order valence-corrected chi connectivity index (χ0v) is 11.3. The van der Waals surface area contributed by atoms with Gasteiger partial charge in [0, 0.05) is 19.3 Å². The maximum absolute atomic E-state index is 5.38. The van der Waals surface area contributed by atoms with Crippen molar-refractivity contribution in [3.63, 3.8) is 0 Å². The van der Waals surface area contributed by atoms with Crippen LogP contribution >= 0.6 is 0 Å². The molecule has 0 aromatic heterocycles. The number of benzene rings is 1. The molecule has 2 rings (SSSR count). The Bertz CT molecular complexity index is 344. The van der Waals surface area contributed by atoms with Crippen LogP contribution in [0.2, 0.25) is 0 Å². The first-order chi connectivity index (χ1) is 8.79. The van der Waals surface area contributed by atoms with Crippen LogP contribution in [-0.4, -0.2) is 26.9 Å². The molecule has 0 saturated carbocycles. The second kappa shape index (κ2) is 6.76. The Labute approximate surface area is 109 Å². The molecular weight excluding hydrogens is 226 g/mol. The van der Waals surface area contributed by atoms with Gasteiger partial charge < -0.3 is 14.8 Å². The largest absolute Gasteiger partial charge is 0.497 e. The van der Waals surface area contributed by atoms with E-state index in [1.54, 1.807) is 7.11 Å². The average Bonchev–Trinajstić information content (AvgIpc) is 2.46. The number of methoxy groups -OCH3 is 1. The first-order valence-electron chi connectivity index (χ1n) is 6.74. The van der Waals surface area contributed by atoms with Gasteiger partial charge in [-0.05, 0) is 49.9 Å². The highest BCUT2D eigenvalue weighted by molar-refractivity contribution is 5.28. The fraction of sp³-hybridized carbons (Fsp3) is 0.600. The van der Waals surface area contributed by atoms with Gasteiger partial charge in [-0.3, -0.25) is 0 Å². The Kier molecular flexibility index (Phi) is 5.02. The number of hydrogen-bond donors (Lipinski definition) is 1. The molecule has 1 aliphatic rings. The van der Waals surface area contributed by atoms with Crippen molar-refractivity contribution in [1.29, 1.82) is 0 Å². The van der Waals surface area contributed by atoms with Crippen LogP contribution in [0, 0.1) is 5.92 Å². The molecule has 1 saturated heterocycles. The maximum Gasteiger partial charge on any atom is 0.118 e. The number of rotatable bonds is 5. The van der Waals surface area contributed by atoms with E-state index in [2.05, 4.69) is 24.4 Å². The smallest absolute Gasteiger partial charge is 0.118 e. The molecule has 3 heteroatoms. The minimum absolute atomic E-state index is 0.388. The lowest BCUT2D eigenvalue weighted by molar-refractivity contribution is 0.0656. The molecule has 1 N–H and O–H groups in total. The minimum Gasteiger partial charge on any atom is -0.497 e. The zero-order valence-electron chi connectivity index (χ0n) is 11.3. The Balaban J connectivity index is 1.80. The lowest BCUT2D eigenvalue weighted by Gasteiger charge is -2.24. The van der Waals surface area contributed by atoms with Gasteiger partial charge in [-0.25, -0.2) is 0 Å². The van der Waals surface area contributed by atoms with Gasteiger partial charge in [0.1, 0.15) is 5.75 Å². The van der Waals surface area contributed by atoms with Crippen molar-refractivity contribution < 1.29 is 9.47 Å². The minimum atomic E-state index is 0.388. The molecule has 1 aliphatic heterocycles. The molecule has 1 aromatic rings. The summed E-state index contributed by atoms with van der Waals surface area (Å²) in [5.41, 5.74) is 1.31. The molecule has 0 bridgehead atoms. The molecule has 0 radical (unpaired) electrons. The molecule has 100 valence electrons. The van der Waals surface area contributed by atoms with Crippen LogP contribution in [0.1, 0.15) is 31.4 Å². The van der Waals surface area contributed by atoms with Crippen molar-refractivity contribution in [2.75, 3.05) is 26.9 Å². The van der Waals surface area contributed by atoms with Gasteiger partial charge in [-0.2, -0.15) is 0 Å². The van der Waals surface area contributed by atoms with Crippen LogP contribution in [-0.2, 0) is 4.74 Å². The van der Waals surface area contributed by atoms with Crippen LogP contribution < -0.4 is 10.1 Å². The predicted molar refractivity (Wildman–Crippen MR) is 73.0 cm³/mol. The topological polar surface area (TPSA) is 30.5 Å². The highest BCUT2D eigenvalue weighted by Crippen LogP contribution is 2.19. The van der Waals surface area contributed by atoms with Crippen molar-refractivity contribution in [1.82, 2.24) is 5.32 Å². The third kappa shape index (κ3) is 3.72. The summed E-state index contributed by atoms with van der Waals surface area (Å²) in [6, 6.07) is 8.67. The summed E-state index contributed by atoms with van der Waals surface area (Å²) in [5, 5.41) is 3.61. The molecule has 1 heterocycles. The molecule has 0 amide bonds. The molecule has 0 spiro atoms. The van der Waals surface area contributed by atoms with E-state index in [-0.39, 0.29) is 0 Å². The number of ether oxygens (including phenoxy) is 2. The van der Waals surface area contributed by atoms with Crippen molar-refractivity contribution in [2.24, 2.45) is 5.92 Å². The maximum atomic E-state index is 5.38. The number of nitrogens with one attached hydrogen (secondary N) is 1. The second-order valence-electron chi connectivity index (χ2n) is 4.96. The van der Waals surface area contributed by atoms with Crippen LogP contribution in [0.15, 0.2) is 24.3 Å². The second-order valence-corrected chi connectivity index (χ2v) is 4.96. The molecule has 18 heavy (non-hydrogen) atoms. The first-order valence-corrected chi connectivity index (χ1v) is 6.74. The Morgan fingerprint density at radius 1 is 1.28 bits per heavy atom. The Morgan fingerprint density at radius 3 is 2.56 bits per heavy atom. The lowest BCUT2D eigenvalue weighted by atomic mass is 9.99. The molecule has 0 aliphatic carbocycles. The van der Waals surface area contributed by atoms with Crippen molar-refractivity contribution in [2.45, 2.75) is 25.8 Å². The summed E-state index contributed by atoms with van der Waals surface area (Å²) in [5.74, 6) is 1.68. The van der Waals surface area contributed by atoms with E-state index in [4.69, 9.17) is 9.47 Å². The van der Waals surface area contributed by atoms with E-state index in [1.165, 1.54) is 18.4 Å². The molecule has 1 atom stereocenters. The van der Waals surface area contributed by atoms with Gasteiger partial charge in [-0.1, -0.05) is 12.1 Å². The first kappa shape index (κ1) is 13.4. The molecule has 1 fully saturated rings. The van der Waals surface area contributed by atoms with Gasteiger partial charge in [0.15, 0.2) is 0 Å². The van der Waals surface area contributed by atoms with E-state index < -0.39 is 0 Å². The Hall–Kier alpha value is -1.06. The third-order valence-electron chi connectivity index (χ3n) is 3.67. The average molecular weight is 249 g/mol. The van der Waals surface area contributed by atoms with Crippen LogP contribution in [0.25, 0.3) is 0 Å². The molecular formula is C15H23NO2. The summed E-state index contributed by atoms with van der Waals surface area (Å²) in [6.07, 6.45) is 2.37. The Morgan fingerprint density at radius 2 is 1.94 bits per heavy atom. The molecule has 3 nitrogen and oxygen atoms in total. The van der Waals surface area contributed by atoms with Crippen molar-refractivity contribution >= 4 is 0 Å². The van der Waals surface area contributed by atoms with E-state index >= 15 is 0 Å². The highest BCUT2D eigenvalue weighted by atomic mass is 16.5. The summed E-state index contributed by atoms with van der Waals surface area (Å²) >= 11 is 0. The van der Waals surface area contributed by atoms with E-state index in [0.717, 1.165) is 31.4 Å². The van der Waals surface area contributed by atoms with E-state index in [1.807, 2.05) is 12.1 Å². The standard InChI is InChI=1S/C15H23NO2/c1-12(14-3-5-15(17-2)6-4-14)16-11-13-7-9-18-10-8-13/h3-6,12-13,16H,7-11H2,1-2H3/t12-/m0/s1. The van der Waals surface area contributed by atoms with E-state index in [0.29, 0.717) is 6.04 Å². The zero-order chi connectivity index (χ0) is 12.8. The van der Waals surface area contributed by atoms with Gasteiger partial charge in [0.05, 0.1) is 7.11 Å². The monoisotopic (exact) mass is 249 g/mol. The lowest BCUT2D eigenvalue weighted by Crippen LogP contribution is -2.29. The highest BCUT2D eigenvalue weighted by Gasteiger charge is 2.14. The normalized spacial score (nSPS) is 18.6. The van der Waals surface area contributed by atoms with Gasteiger partial charge in [0.25, 0.3) is 0 Å². The molecule has 1 aromatic carbocycles. The summed E-state index contributed by atoms with van der Waals surface area (Å²) in [4.78, 5) is 0. The van der Waals surface area contributed by atoms with Crippen molar-refractivity contribution in [3.8, 4) is 5.75 Å². The fourth-order valence-electron chi connectivity index (χ4n) is 2.30. The van der Waals surface area contributed by atoms with E-state index in [9.17, 15) is 0 Å². The van der Waals surface area contributed by atoms with Crippen LogP contribution in [0.4, 0.5) is 0 Å². The van der Waals surface area contributed by atoms with Crippen molar-refractivity contribution in [3.05, 3.63) is 29.8 Å².